The van der Waals surface area contributed by atoms with E-state index in [-0.39, 0.29) is 0 Å². The molecule has 10 heteroatoms. The number of benzene rings is 1. The van der Waals surface area contributed by atoms with Gasteiger partial charge in [-0.2, -0.15) is 23.4 Å². The molecule has 0 saturated carbocycles. The molecule has 0 unspecified atom stereocenters. The van der Waals surface area contributed by atoms with E-state index in [0.717, 1.165) is 43.0 Å². The van der Waals surface area contributed by atoms with Crippen LogP contribution in [-0.2, 0) is 13.2 Å². The van der Waals surface area contributed by atoms with Gasteiger partial charge in [-0.25, -0.2) is 14.5 Å². The van der Waals surface area contributed by atoms with Crippen LogP contribution >= 0.6 is 0 Å². The number of imidazole rings is 1. The lowest BCUT2D eigenvalue weighted by atomic mass is 10.0. The second kappa shape index (κ2) is 6.29. The predicted octanol–water partition coefficient (Wildman–Crippen LogP) is 3.42. The van der Waals surface area contributed by atoms with Gasteiger partial charge in [0.1, 0.15) is 23.9 Å². The van der Waals surface area contributed by atoms with E-state index in [0.29, 0.717) is 22.5 Å². The van der Waals surface area contributed by atoms with Crippen LogP contribution < -0.4 is 4.90 Å². The van der Waals surface area contributed by atoms with Crippen molar-refractivity contribution < 1.29 is 13.2 Å². The number of halogens is 3. The van der Waals surface area contributed by atoms with Gasteiger partial charge in [0.15, 0.2) is 5.82 Å². The summed E-state index contributed by atoms with van der Waals surface area (Å²) in [5, 5.41) is 8.57. The summed E-state index contributed by atoms with van der Waals surface area (Å²) in [5.74, 6) is 0.793. The molecule has 7 nitrogen and oxygen atoms in total. The van der Waals surface area contributed by atoms with Crippen molar-refractivity contribution in [2.24, 2.45) is 7.05 Å². The maximum Gasteiger partial charge on any atom is 0.416 e. The minimum Gasteiger partial charge on any atom is -0.355 e. The Morgan fingerprint density at radius 2 is 1.76 bits per heavy atom. The van der Waals surface area contributed by atoms with Gasteiger partial charge in [-0.05, 0) is 18.6 Å². The standard InChI is InChI=1S/C19H16F3N7/c1-27-16(12-3-5-13(6-4-12)19(20,21)22)14(9-25-27)15-17-18(28-7-2-8-28)23-10-26-29(17)11-24-15/h3-6,9-11H,2,7-8H2,1H3. The molecule has 4 heterocycles. The van der Waals surface area contributed by atoms with E-state index < -0.39 is 11.7 Å². The van der Waals surface area contributed by atoms with Crippen LogP contribution in [0.25, 0.3) is 28.0 Å². The third-order valence-electron chi connectivity index (χ3n) is 5.15. The molecule has 0 aliphatic carbocycles. The largest absolute Gasteiger partial charge is 0.416 e. The number of anilines is 1. The lowest BCUT2D eigenvalue weighted by molar-refractivity contribution is -0.137. The van der Waals surface area contributed by atoms with Crippen LogP contribution in [0.2, 0.25) is 0 Å². The van der Waals surface area contributed by atoms with Crippen molar-refractivity contribution in [2.45, 2.75) is 12.6 Å². The number of aryl methyl sites for hydroxylation is 1. The number of aromatic nitrogens is 6. The summed E-state index contributed by atoms with van der Waals surface area (Å²) in [5.41, 5.74) is 2.73. The van der Waals surface area contributed by atoms with Crippen molar-refractivity contribution in [1.82, 2.24) is 29.4 Å². The zero-order valence-corrected chi connectivity index (χ0v) is 15.4. The number of alkyl halides is 3. The van der Waals surface area contributed by atoms with Gasteiger partial charge >= 0.3 is 6.18 Å². The van der Waals surface area contributed by atoms with E-state index in [1.807, 2.05) is 0 Å². The third-order valence-corrected chi connectivity index (χ3v) is 5.15. The molecule has 1 fully saturated rings. The predicted molar refractivity (Wildman–Crippen MR) is 100 cm³/mol. The summed E-state index contributed by atoms with van der Waals surface area (Å²) in [6.07, 6.45) is 1.49. The molecule has 0 radical (unpaired) electrons. The second-order valence-electron chi connectivity index (χ2n) is 6.92. The minimum absolute atomic E-state index is 0.622. The number of rotatable bonds is 3. The fraction of sp³-hybridized carbons (Fsp3) is 0.263. The van der Waals surface area contributed by atoms with Crippen LogP contribution in [0, 0.1) is 0 Å². The SMILES string of the molecule is Cn1ncc(-c2ncn3ncnc(N4CCC4)c23)c1-c1ccc(C(F)(F)F)cc1. The highest BCUT2D eigenvalue weighted by Gasteiger charge is 2.30. The van der Waals surface area contributed by atoms with Crippen molar-refractivity contribution in [3.63, 3.8) is 0 Å². The molecule has 0 atom stereocenters. The molecule has 148 valence electrons. The van der Waals surface area contributed by atoms with E-state index in [2.05, 4.69) is 25.1 Å². The van der Waals surface area contributed by atoms with Gasteiger partial charge in [0, 0.05) is 31.3 Å². The monoisotopic (exact) mass is 399 g/mol. The summed E-state index contributed by atoms with van der Waals surface area (Å²) in [6, 6.07) is 5.06. The molecule has 3 aromatic heterocycles. The lowest BCUT2D eigenvalue weighted by Gasteiger charge is -2.32. The Balaban J connectivity index is 1.66. The highest BCUT2D eigenvalue weighted by atomic mass is 19.4. The molecule has 1 aliphatic heterocycles. The topological polar surface area (TPSA) is 64.1 Å². The van der Waals surface area contributed by atoms with Crippen LogP contribution in [0.3, 0.4) is 0 Å². The smallest absolute Gasteiger partial charge is 0.355 e. The van der Waals surface area contributed by atoms with Gasteiger partial charge in [0.25, 0.3) is 0 Å². The van der Waals surface area contributed by atoms with Gasteiger partial charge in [-0.15, -0.1) is 0 Å². The molecule has 0 spiro atoms. The fourth-order valence-corrected chi connectivity index (χ4v) is 3.56. The first kappa shape index (κ1) is 17.7. The molecular weight excluding hydrogens is 383 g/mol. The van der Waals surface area contributed by atoms with Crippen molar-refractivity contribution in [1.29, 1.82) is 0 Å². The zero-order chi connectivity index (χ0) is 20.2. The van der Waals surface area contributed by atoms with Crippen LogP contribution in [0.1, 0.15) is 12.0 Å². The third kappa shape index (κ3) is 2.82. The first-order chi connectivity index (χ1) is 13.9. The molecule has 0 amide bonds. The van der Waals surface area contributed by atoms with Crippen LogP contribution in [0.4, 0.5) is 19.0 Å². The zero-order valence-electron chi connectivity index (χ0n) is 15.4. The highest BCUT2D eigenvalue weighted by molar-refractivity contribution is 5.91. The van der Waals surface area contributed by atoms with Crippen molar-refractivity contribution in [3.8, 4) is 22.5 Å². The molecule has 4 aromatic rings. The summed E-state index contributed by atoms with van der Waals surface area (Å²) in [6.45, 7) is 1.83. The Labute approximate surface area is 163 Å². The van der Waals surface area contributed by atoms with Crippen molar-refractivity contribution >= 4 is 11.3 Å². The van der Waals surface area contributed by atoms with Gasteiger partial charge in [0.2, 0.25) is 0 Å². The Morgan fingerprint density at radius 1 is 1.00 bits per heavy atom. The summed E-state index contributed by atoms with van der Waals surface area (Å²) in [4.78, 5) is 11.1. The molecule has 1 aromatic carbocycles. The first-order valence-corrected chi connectivity index (χ1v) is 9.07. The number of nitrogens with zero attached hydrogens (tertiary/aromatic N) is 7. The van der Waals surface area contributed by atoms with Gasteiger partial charge in [-0.1, -0.05) is 12.1 Å². The molecule has 29 heavy (non-hydrogen) atoms. The fourth-order valence-electron chi connectivity index (χ4n) is 3.56. The molecular formula is C19H16F3N7. The van der Waals surface area contributed by atoms with E-state index in [1.54, 1.807) is 28.8 Å². The van der Waals surface area contributed by atoms with Gasteiger partial charge in [-0.3, -0.25) is 4.68 Å². The van der Waals surface area contributed by atoms with E-state index in [4.69, 9.17) is 0 Å². The van der Waals surface area contributed by atoms with Gasteiger partial charge in [0.05, 0.1) is 17.5 Å². The van der Waals surface area contributed by atoms with Crippen LogP contribution in [0.15, 0.2) is 43.1 Å². The summed E-state index contributed by atoms with van der Waals surface area (Å²) >= 11 is 0. The number of hydrogen-bond acceptors (Lipinski definition) is 5. The highest BCUT2D eigenvalue weighted by Crippen LogP contribution is 2.37. The van der Waals surface area contributed by atoms with E-state index in [9.17, 15) is 13.2 Å². The number of hydrogen-bond donors (Lipinski definition) is 0. The first-order valence-electron chi connectivity index (χ1n) is 9.07. The van der Waals surface area contributed by atoms with E-state index >= 15 is 0 Å². The Kier molecular flexibility index (Phi) is 3.83. The molecule has 1 aliphatic rings. The Morgan fingerprint density at radius 3 is 2.41 bits per heavy atom. The van der Waals surface area contributed by atoms with Crippen LogP contribution in [-0.4, -0.2) is 42.5 Å². The Hall–Kier alpha value is -3.43. The van der Waals surface area contributed by atoms with Crippen molar-refractivity contribution in [3.05, 3.63) is 48.7 Å². The molecule has 0 bridgehead atoms. The van der Waals surface area contributed by atoms with Crippen LogP contribution in [0.5, 0.6) is 0 Å². The van der Waals surface area contributed by atoms with Gasteiger partial charge < -0.3 is 4.90 Å². The minimum atomic E-state index is -4.38. The average Bonchev–Trinajstić information content (AvgIpc) is 3.23. The molecule has 5 rings (SSSR count). The summed E-state index contributed by atoms with van der Waals surface area (Å²) < 4.78 is 42.1. The normalized spacial score (nSPS) is 14.4. The van der Waals surface area contributed by atoms with Crippen molar-refractivity contribution in [2.75, 3.05) is 18.0 Å². The second-order valence-corrected chi connectivity index (χ2v) is 6.92. The summed E-state index contributed by atoms with van der Waals surface area (Å²) in [7, 11) is 1.75. The maximum absolute atomic E-state index is 12.9. The average molecular weight is 399 g/mol. The maximum atomic E-state index is 12.9. The molecule has 0 N–H and O–H groups in total. The number of fused-ring (bicyclic) bond motifs is 1. The lowest BCUT2D eigenvalue weighted by Crippen LogP contribution is -2.38. The molecule has 1 saturated heterocycles. The Bertz CT molecular complexity index is 1190. The quantitative estimate of drug-likeness (QED) is 0.528. The van der Waals surface area contributed by atoms with E-state index in [1.165, 1.54) is 18.5 Å².